The number of likely N-dealkylation sites (tertiary alicyclic amines) is 1. The van der Waals surface area contributed by atoms with Gasteiger partial charge in [-0.2, -0.15) is 0 Å². The molecular weight excluding hydrogens is 408 g/mol. The topological polar surface area (TPSA) is 98.9 Å². The minimum atomic E-state index is -1.02. The van der Waals surface area contributed by atoms with Gasteiger partial charge in [-0.1, -0.05) is 11.6 Å². The summed E-state index contributed by atoms with van der Waals surface area (Å²) in [5.41, 5.74) is 1.80. The van der Waals surface area contributed by atoms with E-state index in [2.05, 4.69) is 9.88 Å². The molecule has 2 aliphatic rings. The van der Waals surface area contributed by atoms with Crippen molar-refractivity contribution in [1.29, 1.82) is 0 Å². The number of nitrogens with zero attached hydrogens (tertiary/aromatic N) is 4. The molecule has 9 heteroatoms. The lowest BCUT2D eigenvalue weighted by Gasteiger charge is -2.46. The Kier molecular flexibility index (Phi) is 5.28. The number of amides is 1. The first-order valence-corrected chi connectivity index (χ1v) is 10.6. The normalized spacial score (nSPS) is 24.4. The Morgan fingerprint density at radius 1 is 1.33 bits per heavy atom. The second-order valence-electron chi connectivity index (χ2n) is 9.24. The third-order valence-electron chi connectivity index (χ3n) is 6.17. The Bertz CT molecular complexity index is 1050. The molecule has 0 spiro atoms. The van der Waals surface area contributed by atoms with Crippen molar-refractivity contribution in [1.82, 2.24) is 19.4 Å². The van der Waals surface area contributed by atoms with Crippen LogP contribution in [0.15, 0.2) is 23.1 Å². The maximum atomic E-state index is 12.4. The second kappa shape index (κ2) is 7.51. The molecule has 4 heterocycles. The van der Waals surface area contributed by atoms with Gasteiger partial charge in [0.15, 0.2) is 0 Å². The predicted molar refractivity (Wildman–Crippen MR) is 114 cm³/mol. The van der Waals surface area contributed by atoms with Crippen LogP contribution in [0.4, 0.5) is 4.79 Å². The van der Waals surface area contributed by atoms with Gasteiger partial charge in [-0.3, -0.25) is 19.6 Å². The van der Waals surface area contributed by atoms with Gasteiger partial charge in [0.25, 0.3) is 5.56 Å². The fourth-order valence-electron chi connectivity index (χ4n) is 4.98. The summed E-state index contributed by atoms with van der Waals surface area (Å²) < 4.78 is 1.73. The van der Waals surface area contributed by atoms with Crippen molar-refractivity contribution >= 4 is 28.7 Å². The van der Waals surface area contributed by atoms with Crippen LogP contribution in [0.25, 0.3) is 11.0 Å². The van der Waals surface area contributed by atoms with Crippen LogP contribution in [0.3, 0.4) is 0 Å². The molecule has 1 amide bonds. The summed E-state index contributed by atoms with van der Waals surface area (Å²) in [6.07, 6.45) is 0.371. The van der Waals surface area contributed by atoms with Gasteiger partial charge in [-0.15, -0.1) is 0 Å². The average Bonchev–Trinajstić information content (AvgIpc) is 3.02. The number of carboxylic acid groups (broad SMARTS) is 1. The van der Waals surface area contributed by atoms with Gasteiger partial charge in [-0.25, -0.2) is 4.79 Å². The molecule has 2 aliphatic heterocycles. The zero-order valence-corrected chi connectivity index (χ0v) is 18.1. The van der Waals surface area contributed by atoms with Crippen LogP contribution in [0.2, 0.25) is 5.02 Å². The first-order chi connectivity index (χ1) is 14.1. The zero-order valence-electron chi connectivity index (χ0n) is 17.4. The van der Waals surface area contributed by atoms with Crippen molar-refractivity contribution in [3.8, 4) is 0 Å². The molecule has 3 atom stereocenters. The maximum absolute atomic E-state index is 12.4. The Balaban J connectivity index is 1.53. The van der Waals surface area contributed by atoms with Gasteiger partial charge >= 0.3 is 6.09 Å². The number of rotatable bonds is 3. The number of β-amino-alcohol motifs (C(OH)–C–C–N with tert-alkyl or cyclic N) is 1. The van der Waals surface area contributed by atoms with Gasteiger partial charge in [-0.05, 0) is 33.3 Å². The highest BCUT2D eigenvalue weighted by molar-refractivity contribution is 6.32. The number of aromatic nitrogens is 2. The molecule has 8 nitrogen and oxygen atoms in total. The van der Waals surface area contributed by atoms with Crippen molar-refractivity contribution in [2.75, 3.05) is 19.6 Å². The van der Waals surface area contributed by atoms with Crippen LogP contribution >= 0.6 is 11.6 Å². The zero-order chi connectivity index (χ0) is 21.8. The predicted octanol–water partition coefficient (Wildman–Crippen LogP) is 2.36. The summed E-state index contributed by atoms with van der Waals surface area (Å²) in [5, 5.41) is 21.0. The molecule has 1 saturated heterocycles. The van der Waals surface area contributed by atoms with Crippen molar-refractivity contribution in [2.45, 2.75) is 57.3 Å². The fraction of sp³-hybridized carbons (Fsp3) is 0.571. The highest BCUT2D eigenvalue weighted by atomic mass is 35.5. The van der Waals surface area contributed by atoms with E-state index in [9.17, 15) is 19.8 Å². The lowest BCUT2D eigenvalue weighted by molar-refractivity contribution is -0.0361. The van der Waals surface area contributed by atoms with Gasteiger partial charge < -0.3 is 14.8 Å². The fourth-order valence-corrected chi connectivity index (χ4v) is 5.28. The first kappa shape index (κ1) is 21.1. The van der Waals surface area contributed by atoms with E-state index in [0.29, 0.717) is 37.6 Å². The quantitative estimate of drug-likeness (QED) is 0.769. The van der Waals surface area contributed by atoms with Crippen molar-refractivity contribution in [3.05, 3.63) is 39.3 Å². The molecule has 30 heavy (non-hydrogen) atoms. The van der Waals surface area contributed by atoms with Crippen LogP contribution < -0.4 is 5.56 Å². The van der Waals surface area contributed by atoms with E-state index >= 15 is 0 Å². The van der Waals surface area contributed by atoms with Crippen LogP contribution in [0, 0.1) is 0 Å². The number of aliphatic hydroxyl groups is 1. The number of halogens is 1. The van der Waals surface area contributed by atoms with E-state index in [0.717, 1.165) is 16.6 Å². The standard InChI is InChI=1S/C21H27ClN4O4/c1-21(2,3)26(20(29)30)15-6-7-24(11-16(15)27)9-12-10-25-17(28)5-4-14-19(25)18(12)13(22)8-23-14/h4-5,8,12,15-16,27H,6-7,9-11H2,1-3H3,(H,29,30)/t12?,15-,16+/m0/s1. The van der Waals surface area contributed by atoms with E-state index in [-0.39, 0.29) is 11.5 Å². The van der Waals surface area contributed by atoms with E-state index < -0.39 is 23.8 Å². The van der Waals surface area contributed by atoms with E-state index in [1.807, 2.05) is 20.8 Å². The average molecular weight is 435 g/mol. The molecule has 2 aromatic rings. The summed E-state index contributed by atoms with van der Waals surface area (Å²) in [4.78, 5) is 32.0. The van der Waals surface area contributed by atoms with Crippen molar-refractivity contribution < 1.29 is 15.0 Å². The van der Waals surface area contributed by atoms with Crippen LogP contribution in [-0.2, 0) is 6.54 Å². The van der Waals surface area contributed by atoms with E-state index in [1.165, 1.54) is 11.0 Å². The maximum Gasteiger partial charge on any atom is 0.408 e. The Hall–Kier alpha value is -2.16. The van der Waals surface area contributed by atoms with Crippen molar-refractivity contribution in [3.63, 3.8) is 0 Å². The minimum Gasteiger partial charge on any atom is -0.465 e. The van der Waals surface area contributed by atoms with E-state index in [1.54, 1.807) is 16.8 Å². The SMILES string of the molecule is CC(C)(C)N(C(=O)O)[C@H]1CCN(CC2Cn3c(=O)ccc4ncc(Cl)c2c43)C[C@H]1O. The molecular formula is C21H27ClN4O4. The van der Waals surface area contributed by atoms with Gasteiger partial charge in [0.2, 0.25) is 0 Å². The summed E-state index contributed by atoms with van der Waals surface area (Å²) >= 11 is 6.46. The second-order valence-corrected chi connectivity index (χ2v) is 9.65. The molecule has 2 N–H and O–H groups in total. The molecule has 0 saturated carbocycles. The van der Waals surface area contributed by atoms with Gasteiger partial charge in [0.1, 0.15) is 0 Å². The summed E-state index contributed by atoms with van der Waals surface area (Å²) in [5.74, 6) is 0.0139. The third-order valence-corrected chi connectivity index (χ3v) is 6.47. The summed E-state index contributed by atoms with van der Waals surface area (Å²) in [7, 11) is 0. The molecule has 2 aromatic heterocycles. The smallest absolute Gasteiger partial charge is 0.408 e. The Morgan fingerprint density at radius 2 is 2.07 bits per heavy atom. The van der Waals surface area contributed by atoms with Crippen LogP contribution in [0.5, 0.6) is 0 Å². The first-order valence-electron chi connectivity index (χ1n) is 10.2. The van der Waals surface area contributed by atoms with E-state index in [4.69, 9.17) is 11.6 Å². The van der Waals surface area contributed by atoms with Gasteiger partial charge in [0, 0.05) is 55.5 Å². The Labute approximate surface area is 179 Å². The summed E-state index contributed by atoms with van der Waals surface area (Å²) in [6, 6.07) is 2.80. The number of hydrogen-bond acceptors (Lipinski definition) is 5. The van der Waals surface area contributed by atoms with Gasteiger partial charge in [0.05, 0.1) is 28.2 Å². The molecule has 0 radical (unpaired) electrons. The molecule has 4 rings (SSSR count). The number of hydrogen-bond donors (Lipinski definition) is 2. The third kappa shape index (κ3) is 3.57. The highest BCUT2D eigenvalue weighted by Gasteiger charge is 2.41. The Morgan fingerprint density at radius 3 is 2.70 bits per heavy atom. The molecule has 0 bridgehead atoms. The summed E-state index contributed by atoms with van der Waals surface area (Å²) in [6.45, 7) is 7.70. The molecule has 0 aromatic carbocycles. The van der Waals surface area contributed by atoms with Crippen LogP contribution in [0.1, 0.15) is 38.7 Å². The number of piperidine rings is 1. The highest BCUT2D eigenvalue weighted by Crippen LogP contribution is 2.37. The molecule has 0 aliphatic carbocycles. The molecule has 1 fully saturated rings. The van der Waals surface area contributed by atoms with Crippen molar-refractivity contribution in [2.24, 2.45) is 0 Å². The molecule has 1 unspecified atom stereocenters. The monoisotopic (exact) mass is 434 g/mol. The number of aliphatic hydroxyl groups excluding tert-OH is 1. The largest absolute Gasteiger partial charge is 0.465 e. The lowest BCUT2D eigenvalue weighted by Crippen LogP contribution is -2.60. The molecule has 162 valence electrons. The minimum absolute atomic E-state index is 0.0139. The number of carbonyl (C=O) groups is 1. The number of pyridine rings is 2. The lowest BCUT2D eigenvalue weighted by atomic mass is 9.93. The van der Waals surface area contributed by atoms with Crippen LogP contribution in [-0.4, -0.2) is 73.0 Å².